The average Bonchev–Trinajstić information content (AvgIpc) is 2.68. The van der Waals surface area contributed by atoms with E-state index in [4.69, 9.17) is 0 Å². The summed E-state index contributed by atoms with van der Waals surface area (Å²) < 4.78 is 0. The maximum absolute atomic E-state index is 12.6. The lowest BCUT2D eigenvalue weighted by molar-refractivity contribution is 0.0723. The van der Waals surface area contributed by atoms with E-state index < -0.39 is 0 Å². The third-order valence-electron chi connectivity index (χ3n) is 4.42. The van der Waals surface area contributed by atoms with Gasteiger partial charge in [0.2, 0.25) is 0 Å². The summed E-state index contributed by atoms with van der Waals surface area (Å²) in [5.41, 5.74) is 1.77. The number of carbonyl (C=O) groups is 3. The lowest BCUT2D eigenvalue weighted by Gasteiger charge is -2.26. The molecule has 6 nitrogen and oxygen atoms in total. The maximum atomic E-state index is 12.6. The fourth-order valence-electron chi connectivity index (χ4n) is 2.98. The van der Waals surface area contributed by atoms with E-state index in [2.05, 4.69) is 10.3 Å². The molecule has 134 valence electrons. The van der Waals surface area contributed by atoms with Crippen LogP contribution in [-0.2, 0) is 0 Å². The second-order valence-corrected chi connectivity index (χ2v) is 6.41. The smallest absolute Gasteiger partial charge is 0.257 e. The van der Waals surface area contributed by atoms with Crippen LogP contribution < -0.4 is 5.32 Å². The molecule has 2 amide bonds. The van der Waals surface area contributed by atoms with Crippen molar-refractivity contribution in [2.24, 2.45) is 0 Å². The first kappa shape index (κ1) is 17.8. The summed E-state index contributed by atoms with van der Waals surface area (Å²) >= 11 is 0. The Kier molecular flexibility index (Phi) is 5.41. The van der Waals surface area contributed by atoms with Gasteiger partial charge in [-0.25, -0.2) is 0 Å². The van der Waals surface area contributed by atoms with Gasteiger partial charge in [-0.15, -0.1) is 0 Å². The molecule has 0 radical (unpaired) electrons. The van der Waals surface area contributed by atoms with Crippen LogP contribution in [0.2, 0.25) is 0 Å². The van der Waals surface area contributed by atoms with Crippen molar-refractivity contribution in [1.29, 1.82) is 0 Å². The predicted molar refractivity (Wildman–Crippen MR) is 98.4 cm³/mol. The number of ketones is 1. The summed E-state index contributed by atoms with van der Waals surface area (Å²) in [6.45, 7) is 2.96. The van der Waals surface area contributed by atoms with E-state index >= 15 is 0 Å². The molecule has 2 aromatic rings. The number of benzene rings is 1. The topological polar surface area (TPSA) is 79.4 Å². The molecule has 1 fully saturated rings. The molecule has 0 spiro atoms. The molecular formula is C20H21N3O3. The number of nitrogens with one attached hydrogen (secondary N) is 1. The zero-order valence-corrected chi connectivity index (χ0v) is 14.7. The highest BCUT2D eigenvalue weighted by Gasteiger charge is 2.19. The zero-order valence-electron chi connectivity index (χ0n) is 14.7. The molecule has 0 aliphatic carbocycles. The molecule has 0 saturated carbocycles. The van der Waals surface area contributed by atoms with Crippen molar-refractivity contribution in [3.05, 3.63) is 59.4 Å². The van der Waals surface area contributed by atoms with Crippen LogP contribution in [-0.4, -0.2) is 40.6 Å². The Morgan fingerprint density at radius 2 is 1.69 bits per heavy atom. The van der Waals surface area contributed by atoms with Crippen molar-refractivity contribution in [2.75, 3.05) is 18.4 Å². The van der Waals surface area contributed by atoms with Gasteiger partial charge in [-0.3, -0.25) is 19.4 Å². The predicted octanol–water partition coefficient (Wildman–Crippen LogP) is 3.16. The van der Waals surface area contributed by atoms with Crippen LogP contribution in [0.25, 0.3) is 0 Å². The first-order valence-electron chi connectivity index (χ1n) is 8.71. The maximum Gasteiger partial charge on any atom is 0.257 e. The van der Waals surface area contributed by atoms with Crippen molar-refractivity contribution in [3.63, 3.8) is 0 Å². The number of rotatable bonds is 4. The number of nitrogens with zero attached hydrogens (tertiary/aromatic N) is 2. The standard InChI is InChI=1S/C20H21N3O3/c1-14(24)15-6-5-7-18(11-15)22-19(25)16-10-17(13-21-12-16)20(26)23-8-3-2-4-9-23/h5-7,10-13H,2-4,8-9H2,1H3,(H,22,25). The Balaban J connectivity index is 1.75. The van der Waals surface area contributed by atoms with E-state index in [1.165, 1.54) is 19.3 Å². The number of likely N-dealkylation sites (tertiary alicyclic amines) is 1. The van der Waals surface area contributed by atoms with Gasteiger partial charge in [-0.05, 0) is 44.4 Å². The van der Waals surface area contributed by atoms with Crippen LogP contribution in [0.4, 0.5) is 5.69 Å². The number of piperidine rings is 1. The summed E-state index contributed by atoms with van der Waals surface area (Å²) in [4.78, 5) is 42.4. The van der Waals surface area contributed by atoms with E-state index in [1.807, 2.05) is 0 Å². The summed E-state index contributed by atoms with van der Waals surface area (Å²) in [5.74, 6) is -0.534. The number of hydrogen-bond donors (Lipinski definition) is 1. The molecule has 1 aromatic heterocycles. The highest BCUT2D eigenvalue weighted by atomic mass is 16.2. The second-order valence-electron chi connectivity index (χ2n) is 6.41. The Morgan fingerprint density at radius 3 is 2.42 bits per heavy atom. The van der Waals surface area contributed by atoms with Crippen LogP contribution in [0.1, 0.15) is 57.3 Å². The summed E-state index contributed by atoms with van der Waals surface area (Å²) in [7, 11) is 0. The third-order valence-corrected chi connectivity index (χ3v) is 4.42. The Hall–Kier alpha value is -3.02. The molecule has 0 unspecified atom stereocenters. The highest BCUT2D eigenvalue weighted by molar-refractivity contribution is 6.06. The SMILES string of the molecule is CC(=O)c1cccc(NC(=O)c2cncc(C(=O)N3CCCCC3)c2)c1. The van der Waals surface area contributed by atoms with Crippen molar-refractivity contribution in [1.82, 2.24) is 9.88 Å². The molecule has 0 atom stereocenters. The van der Waals surface area contributed by atoms with Gasteiger partial charge >= 0.3 is 0 Å². The van der Waals surface area contributed by atoms with Gasteiger partial charge in [0.1, 0.15) is 0 Å². The first-order chi connectivity index (χ1) is 12.5. The van der Waals surface area contributed by atoms with E-state index in [0.29, 0.717) is 22.4 Å². The zero-order chi connectivity index (χ0) is 18.5. The minimum Gasteiger partial charge on any atom is -0.339 e. The molecule has 26 heavy (non-hydrogen) atoms. The van der Waals surface area contributed by atoms with Crippen LogP contribution in [0.15, 0.2) is 42.7 Å². The van der Waals surface area contributed by atoms with Gasteiger partial charge < -0.3 is 10.2 Å². The van der Waals surface area contributed by atoms with Crippen LogP contribution >= 0.6 is 0 Å². The van der Waals surface area contributed by atoms with Crippen molar-refractivity contribution in [3.8, 4) is 0 Å². The lowest BCUT2D eigenvalue weighted by Crippen LogP contribution is -2.35. The van der Waals surface area contributed by atoms with Crippen LogP contribution in [0, 0.1) is 0 Å². The fourth-order valence-corrected chi connectivity index (χ4v) is 2.98. The number of pyridine rings is 1. The molecule has 1 N–H and O–H groups in total. The molecule has 1 aliphatic rings. The minimum absolute atomic E-state index is 0.0723. The van der Waals surface area contributed by atoms with E-state index in [9.17, 15) is 14.4 Å². The number of carbonyl (C=O) groups excluding carboxylic acids is 3. The largest absolute Gasteiger partial charge is 0.339 e. The quantitative estimate of drug-likeness (QED) is 0.858. The second kappa shape index (κ2) is 7.91. The van der Waals surface area contributed by atoms with E-state index in [0.717, 1.165) is 32.4 Å². The fraction of sp³-hybridized carbons (Fsp3) is 0.300. The molecule has 1 saturated heterocycles. The Labute approximate surface area is 152 Å². The molecule has 2 heterocycles. The molecule has 1 aliphatic heterocycles. The number of amides is 2. The van der Waals surface area contributed by atoms with Gasteiger partial charge in [0.15, 0.2) is 5.78 Å². The minimum atomic E-state index is -0.369. The van der Waals surface area contributed by atoms with Crippen molar-refractivity contribution >= 4 is 23.3 Å². The summed E-state index contributed by atoms with van der Waals surface area (Å²) in [5, 5.41) is 2.74. The van der Waals surface area contributed by atoms with Gasteiger partial charge in [0.25, 0.3) is 11.8 Å². The van der Waals surface area contributed by atoms with Crippen molar-refractivity contribution in [2.45, 2.75) is 26.2 Å². The number of anilines is 1. The van der Waals surface area contributed by atoms with Gasteiger partial charge in [0.05, 0.1) is 11.1 Å². The van der Waals surface area contributed by atoms with Crippen LogP contribution in [0.3, 0.4) is 0 Å². The van der Waals surface area contributed by atoms with Crippen LogP contribution in [0.5, 0.6) is 0 Å². The van der Waals surface area contributed by atoms with Gasteiger partial charge in [-0.1, -0.05) is 12.1 Å². The summed E-state index contributed by atoms with van der Waals surface area (Å²) in [6.07, 6.45) is 6.07. The van der Waals surface area contributed by atoms with Crippen molar-refractivity contribution < 1.29 is 14.4 Å². The highest BCUT2D eigenvalue weighted by Crippen LogP contribution is 2.15. The molecule has 3 rings (SSSR count). The van der Waals surface area contributed by atoms with E-state index in [1.54, 1.807) is 35.2 Å². The lowest BCUT2D eigenvalue weighted by atomic mass is 10.1. The average molecular weight is 351 g/mol. The number of hydrogen-bond acceptors (Lipinski definition) is 4. The number of aromatic nitrogens is 1. The monoisotopic (exact) mass is 351 g/mol. The normalized spacial score (nSPS) is 14.0. The molecule has 0 bridgehead atoms. The number of Topliss-reactive ketones (excluding diaryl/α,β-unsaturated/α-hetero) is 1. The Bertz CT molecular complexity index is 842. The molecule has 1 aromatic carbocycles. The van der Waals surface area contributed by atoms with E-state index in [-0.39, 0.29) is 17.6 Å². The third kappa shape index (κ3) is 4.14. The Morgan fingerprint density at radius 1 is 0.962 bits per heavy atom. The molecule has 6 heteroatoms. The van der Waals surface area contributed by atoms with Gasteiger partial charge in [-0.2, -0.15) is 0 Å². The molecular weight excluding hydrogens is 330 g/mol. The summed E-state index contributed by atoms with van der Waals surface area (Å²) in [6, 6.07) is 8.29. The van der Waals surface area contributed by atoms with Gasteiger partial charge in [0, 0.05) is 36.7 Å². The first-order valence-corrected chi connectivity index (χ1v) is 8.71.